The van der Waals surface area contributed by atoms with Gasteiger partial charge < -0.3 is 9.47 Å². The molecule has 102 valence electrons. The van der Waals surface area contributed by atoms with E-state index in [0.29, 0.717) is 6.61 Å². The largest absolute Gasteiger partial charge is 0.377 e. The van der Waals surface area contributed by atoms with Gasteiger partial charge in [0.15, 0.2) is 0 Å². The predicted octanol–water partition coefficient (Wildman–Crippen LogP) is 0.250. The van der Waals surface area contributed by atoms with Crippen LogP contribution >= 0.6 is 0 Å². The SMILES string of the molecule is CO[C@H]1COC[C@@H]1NS(=O)(=O)c1ccccc1C#N. The monoisotopic (exact) mass is 282 g/mol. The van der Waals surface area contributed by atoms with Gasteiger partial charge in [0.1, 0.15) is 6.07 Å². The molecular weight excluding hydrogens is 268 g/mol. The van der Waals surface area contributed by atoms with Crippen molar-refractivity contribution in [1.29, 1.82) is 5.26 Å². The number of ether oxygens (including phenoxy) is 2. The Hall–Kier alpha value is -1.46. The van der Waals surface area contributed by atoms with E-state index in [2.05, 4.69) is 4.72 Å². The third kappa shape index (κ3) is 2.93. The molecule has 6 nitrogen and oxygen atoms in total. The second-order valence-corrected chi connectivity index (χ2v) is 5.83. The van der Waals surface area contributed by atoms with Gasteiger partial charge >= 0.3 is 0 Å². The van der Waals surface area contributed by atoms with Gasteiger partial charge in [-0.2, -0.15) is 5.26 Å². The second kappa shape index (κ2) is 5.67. The highest BCUT2D eigenvalue weighted by Crippen LogP contribution is 2.17. The van der Waals surface area contributed by atoms with Crippen LogP contribution in [-0.4, -0.2) is 40.9 Å². The molecule has 0 saturated carbocycles. The van der Waals surface area contributed by atoms with Crippen LogP contribution in [0.25, 0.3) is 0 Å². The fraction of sp³-hybridized carbons (Fsp3) is 0.417. The van der Waals surface area contributed by atoms with E-state index in [1.807, 2.05) is 6.07 Å². The fourth-order valence-corrected chi connectivity index (χ4v) is 3.34. The zero-order valence-electron chi connectivity index (χ0n) is 10.4. The first-order valence-electron chi connectivity index (χ1n) is 5.70. The Labute approximate surface area is 112 Å². The van der Waals surface area contributed by atoms with Crippen LogP contribution in [0.4, 0.5) is 0 Å². The van der Waals surface area contributed by atoms with E-state index in [1.165, 1.54) is 19.2 Å². The summed E-state index contributed by atoms with van der Waals surface area (Å²) in [5.41, 5.74) is 0.114. The topological polar surface area (TPSA) is 88.4 Å². The van der Waals surface area contributed by atoms with Crippen molar-refractivity contribution < 1.29 is 17.9 Å². The summed E-state index contributed by atoms with van der Waals surface area (Å²) in [6, 6.07) is 7.49. The van der Waals surface area contributed by atoms with Crippen LogP contribution in [0.1, 0.15) is 5.56 Å². The van der Waals surface area contributed by atoms with E-state index >= 15 is 0 Å². The molecule has 7 heteroatoms. The van der Waals surface area contributed by atoms with Gasteiger partial charge in [0.05, 0.1) is 35.8 Å². The van der Waals surface area contributed by atoms with E-state index in [9.17, 15) is 8.42 Å². The lowest BCUT2D eigenvalue weighted by atomic mass is 10.2. The summed E-state index contributed by atoms with van der Waals surface area (Å²) in [6.07, 6.45) is -0.316. The van der Waals surface area contributed by atoms with Gasteiger partial charge in [-0.1, -0.05) is 12.1 Å². The molecule has 0 aromatic heterocycles. The molecule has 0 amide bonds. The number of nitrogens with one attached hydrogen (secondary N) is 1. The molecule has 0 unspecified atom stereocenters. The van der Waals surface area contributed by atoms with E-state index in [4.69, 9.17) is 14.7 Å². The Kier molecular flexibility index (Phi) is 4.17. The van der Waals surface area contributed by atoms with Crippen LogP contribution in [0.5, 0.6) is 0 Å². The summed E-state index contributed by atoms with van der Waals surface area (Å²) in [7, 11) is -2.26. The molecule has 2 atom stereocenters. The summed E-state index contributed by atoms with van der Waals surface area (Å²) in [6.45, 7) is 0.607. The average Bonchev–Trinajstić information content (AvgIpc) is 2.85. The molecule has 1 heterocycles. The number of methoxy groups -OCH3 is 1. The van der Waals surface area contributed by atoms with Crippen molar-refractivity contribution in [3.8, 4) is 6.07 Å². The van der Waals surface area contributed by atoms with Crippen LogP contribution in [0.15, 0.2) is 29.2 Å². The maximum absolute atomic E-state index is 12.3. The molecule has 1 saturated heterocycles. The lowest BCUT2D eigenvalue weighted by Crippen LogP contribution is -2.43. The number of sulfonamides is 1. The molecule has 0 bridgehead atoms. The molecule has 19 heavy (non-hydrogen) atoms. The van der Waals surface area contributed by atoms with E-state index in [1.54, 1.807) is 12.1 Å². The first-order chi connectivity index (χ1) is 9.08. The van der Waals surface area contributed by atoms with E-state index < -0.39 is 16.1 Å². The van der Waals surface area contributed by atoms with E-state index in [0.717, 1.165) is 0 Å². The molecule has 2 rings (SSSR count). The summed E-state index contributed by atoms with van der Waals surface area (Å²) in [5, 5.41) is 8.95. The highest BCUT2D eigenvalue weighted by molar-refractivity contribution is 7.89. The van der Waals surface area contributed by atoms with Crippen molar-refractivity contribution in [3.63, 3.8) is 0 Å². The van der Waals surface area contributed by atoms with Crippen molar-refractivity contribution in [2.45, 2.75) is 17.0 Å². The summed E-state index contributed by atoms with van der Waals surface area (Å²) in [5.74, 6) is 0. The fourth-order valence-electron chi connectivity index (χ4n) is 1.93. The Morgan fingerprint density at radius 3 is 2.84 bits per heavy atom. The lowest BCUT2D eigenvalue weighted by Gasteiger charge is -2.18. The molecule has 0 radical (unpaired) electrons. The number of nitriles is 1. The van der Waals surface area contributed by atoms with Gasteiger partial charge in [0.25, 0.3) is 0 Å². The molecular formula is C12H14N2O4S. The smallest absolute Gasteiger partial charge is 0.242 e. The summed E-state index contributed by atoms with van der Waals surface area (Å²) < 4.78 is 37.4. The van der Waals surface area contributed by atoms with Gasteiger partial charge in [-0.05, 0) is 12.1 Å². The van der Waals surface area contributed by atoms with Gasteiger partial charge in [-0.3, -0.25) is 0 Å². The van der Waals surface area contributed by atoms with Crippen LogP contribution in [0.3, 0.4) is 0 Å². The number of benzene rings is 1. The van der Waals surface area contributed by atoms with Crippen LogP contribution in [0, 0.1) is 11.3 Å². The lowest BCUT2D eigenvalue weighted by molar-refractivity contribution is 0.0761. The highest BCUT2D eigenvalue weighted by Gasteiger charge is 2.32. The molecule has 1 fully saturated rings. The first kappa shape index (κ1) is 14.0. The van der Waals surface area contributed by atoms with Crippen molar-refractivity contribution in [2.24, 2.45) is 0 Å². The Balaban J connectivity index is 2.26. The predicted molar refractivity (Wildman–Crippen MR) is 66.9 cm³/mol. The van der Waals surface area contributed by atoms with Crippen molar-refractivity contribution >= 4 is 10.0 Å². The zero-order valence-corrected chi connectivity index (χ0v) is 11.2. The maximum Gasteiger partial charge on any atom is 0.242 e. The van der Waals surface area contributed by atoms with Crippen LogP contribution < -0.4 is 4.72 Å². The average molecular weight is 282 g/mol. The van der Waals surface area contributed by atoms with Crippen molar-refractivity contribution in [1.82, 2.24) is 4.72 Å². The minimum atomic E-state index is -3.76. The van der Waals surface area contributed by atoms with Crippen LogP contribution in [0.2, 0.25) is 0 Å². The number of rotatable bonds is 4. The van der Waals surface area contributed by atoms with Gasteiger partial charge in [-0.25, -0.2) is 13.1 Å². The maximum atomic E-state index is 12.3. The molecule has 1 N–H and O–H groups in total. The number of nitrogens with zero attached hydrogens (tertiary/aromatic N) is 1. The second-order valence-electron chi connectivity index (χ2n) is 4.15. The zero-order chi connectivity index (χ0) is 13.9. The normalized spacial score (nSPS) is 23.2. The van der Waals surface area contributed by atoms with Crippen LogP contribution in [-0.2, 0) is 19.5 Å². The Bertz CT molecular complexity index is 594. The Morgan fingerprint density at radius 1 is 1.42 bits per heavy atom. The van der Waals surface area contributed by atoms with Gasteiger partial charge in [-0.15, -0.1) is 0 Å². The van der Waals surface area contributed by atoms with E-state index in [-0.39, 0.29) is 23.2 Å². The number of hydrogen-bond acceptors (Lipinski definition) is 5. The quantitative estimate of drug-likeness (QED) is 0.855. The van der Waals surface area contributed by atoms with Gasteiger partial charge in [0, 0.05) is 7.11 Å². The van der Waals surface area contributed by atoms with Gasteiger partial charge in [0.2, 0.25) is 10.0 Å². The Morgan fingerprint density at radius 2 is 2.16 bits per heavy atom. The third-order valence-electron chi connectivity index (χ3n) is 2.93. The first-order valence-corrected chi connectivity index (χ1v) is 7.19. The standard InChI is InChI=1S/C12H14N2O4S/c1-17-11-8-18-7-10(11)14-19(15,16)12-5-3-2-4-9(12)6-13/h2-5,10-11,14H,7-8H2,1H3/t10-,11-/m0/s1. The summed E-state index contributed by atoms with van der Waals surface area (Å²) >= 11 is 0. The third-order valence-corrected chi connectivity index (χ3v) is 4.48. The van der Waals surface area contributed by atoms with Crippen molar-refractivity contribution in [2.75, 3.05) is 20.3 Å². The molecule has 1 aromatic carbocycles. The molecule has 0 aliphatic carbocycles. The minimum Gasteiger partial charge on any atom is -0.377 e. The molecule has 0 spiro atoms. The highest BCUT2D eigenvalue weighted by atomic mass is 32.2. The number of hydrogen-bond donors (Lipinski definition) is 1. The minimum absolute atomic E-state index is 0.0285. The molecule has 1 aliphatic rings. The van der Waals surface area contributed by atoms with Crippen molar-refractivity contribution in [3.05, 3.63) is 29.8 Å². The molecule has 1 aromatic rings. The molecule has 1 aliphatic heterocycles. The summed E-state index contributed by atoms with van der Waals surface area (Å²) in [4.78, 5) is -0.0285.